The van der Waals surface area contributed by atoms with E-state index in [0.29, 0.717) is 12.8 Å². The van der Waals surface area contributed by atoms with Crippen LogP contribution in [0.5, 0.6) is 0 Å². The number of unbranched alkanes of at least 4 members (excludes halogenated alkanes) is 1. The van der Waals surface area contributed by atoms with Gasteiger partial charge in [-0.3, -0.25) is 18.4 Å². The molecule has 2 amide bonds. The van der Waals surface area contributed by atoms with Gasteiger partial charge in [-0.1, -0.05) is 80.9 Å². The first kappa shape index (κ1) is 43.6. The largest absolute Gasteiger partial charge is 0.474 e. The van der Waals surface area contributed by atoms with E-state index in [1.165, 1.54) is 23.5 Å². The lowest BCUT2D eigenvalue weighted by molar-refractivity contribution is -0.123. The van der Waals surface area contributed by atoms with Gasteiger partial charge in [-0.15, -0.1) is 0 Å². The van der Waals surface area contributed by atoms with Crippen LogP contribution in [-0.4, -0.2) is 76.8 Å². The van der Waals surface area contributed by atoms with Gasteiger partial charge in [-0.2, -0.15) is 4.31 Å². The third-order valence-corrected chi connectivity index (χ3v) is 11.7. The number of nitrogens with one attached hydrogen (secondary N) is 2. The van der Waals surface area contributed by atoms with Crippen LogP contribution in [-0.2, 0) is 37.7 Å². The number of ether oxygens (including phenoxy) is 1. The minimum Gasteiger partial charge on any atom is -0.453 e. The minimum absolute atomic E-state index is 0.0294. The lowest BCUT2D eigenvalue weighted by atomic mass is 9.84. The summed E-state index contributed by atoms with van der Waals surface area (Å²) in [5.41, 5.74) is 7.04. The molecule has 53 heavy (non-hydrogen) atoms. The Bertz CT molecular complexity index is 1700. The number of sulfonamides is 1. The number of nitrogens with two attached hydrogens (primary N) is 1. The van der Waals surface area contributed by atoms with E-state index < -0.39 is 53.7 Å². The first-order valence-corrected chi connectivity index (χ1v) is 20.5. The maximum atomic E-state index is 14.5. The number of benzene rings is 3. The fourth-order valence-electron chi connectivity index (χ4n) is 5.73. The highest BCUT2D eigenvalue weighted by molar-refractivity contribution is 7.89. The number of amides is 2. The van der Waals surface area contributed by atoms with Crippen LogP contribution >= 0.6 is 7.82 Å². The highest BCUT2D eigenvalue weighted by Crippen LogP contribution is 2.49. The van der Waals surface area contributed by atoms with Crippen molar-refractivity contribution in [2.75, 3.05) is 45.8 Å². The maximum absolute atomic E-state index is 14.5. The van der Waals surface area contributed by atoms with E-state index in [-0.39, 0.29) is 55.8 Å². The lowest BCUT2D eigenvalue weighted by Crippen LogP contribution is -2.50. The highest BCUT2D eigenvalue weighted by atomic mass is 32.2. The molecule has 3 rings (SSSR count). The summed E-state index contributed by atoms with van der Waals surface area (Å²) in [6.45, 7) is 6.84. The Kier molecular flexibility index (Phi) is 17.4. The molecule has 0 heterocycles. The van der Waals surface area contributed by atoms with Gasteiger partial charge in [0.1, 0.15) is 11.9 Å². The molecule has 292 valence electrons. The Balaban J connectivity index is 1.85. The molecule has 0 fully saturated rings. The number of phosphoric acid groups is 1. The van der Waals surface area contributed by atoms with Crippen LogP contribution < -0.4 is 16.4 Å². The van der Waals surface area contributed by atoms with Crippen molar-refractivity contribution >= 4 is 35.5 Å². The summed E-state index contributed by atoms with van der Waals surface area (Å²) in [7, 11) is -7.11. The lowest BCUT2D eigenvalue weighted by Gasteiger charge is -2.33. The molecule has 0 aliphatic rings. The SMILES string of the molecule is CCOP(=O)(OCC)OC[C@H](CCCCNC(=O)[C@@H](NC(=O)OC)C(c1ccccc1)c1ccccc1)N(CC(C)C)S(=O)(=O)c1ccc(N)c(F)c1. The number of carbonyl (C=O) groups excluding carboxylic acids is 2. The summed E-state index contributed by atoms with van der Waals surface area (Å²) < 4.78 is 78.1. The molecule has 0 radical (unpaired) electrons. The molecule has 4 N–H and O–H groups in total. The quantitative estimate of drug-likeness (QED) is 0.0583. The molecule has 13 nitrogen and oxygen atoms in total. The van der Waals surface area contributed by atoms with Crippen molar-refractivity contribution in [1.29, 1.82) is 0 Å². The van der Waals surface area contributed by atoms with Gasteiger partial charge in [0.25, 0.3) is 0 Å². The second-order valence-electron chi connectivity index (χ2n) is 12.6. The Hall–Kier alpha value is -3.85. The van der Waals surface area contributed by atoms with E-state index in [1.54, 1.807) is 13.8 Å². The normalized spacial score (nSPS) is 13.2. The smallest absolute Gasteiger partial charge is 0.453 e. The van der Waals surface area contributed by atoms with Gasteiger partial charge in [0, 0.05) is 25.0 Å². The van der Waals surface area contributed by atoms with Gasteiger partial charge < -0.3 is 21.1 Å². The molecule has 0 aliphatic carbocycles. The summed E-state index contributed by atoms with van der Waals surface area (Å²) in [6.07, 6.45) is 0.222. The van der Waals surface area contributed by atoms with Crippen molar-refractivity contribution < 1.29 is 45.3 Å². The first-order chi connectivity index (χ1) is 25.3. The minimum atomic E-state index is -4.31. The van der Waals surface area contributed by atoms with Crippen LogP contribution in [0.3, 0.4) is 0 Å². The van der Waals surface area contributed by atoms with E-state index in [0.717, 1.165) is 17.2 Å². The second-order valence-corrected chi connectivity index (χ2v) is 16.1. The van der Waals surface area contributed by atoms with Gasteiger partial charge in [0.2, 0.25) is 15.9 Å². The summed E-state index contributed by atoms with van der Waals surface area (Å²) in [5.74, 6) is -2.02. The zero-order valence-corrected chi connectivity index (χ0v) is 32.6. The number of alkyl carbamates (subject to hydrolysis) is 1. The van der Waals surface area contributed by atoms with E-state index in [9.17, 15) is 27.0 Å². The van der Waals surface area contributed by atoms with Crippen molar-refractivity contribution in [1.82, 2.24) is 14.9 Å². The van der Waals surface area contributed by atoms with Crippen LogP contribution in [0.2, 0.25) is 0 Å². The Morgan fingerprint density at radius 2 is 1.49 bits per heavy atom. The van der Waals surface area contributed by atoms with Crippen LogP contribution in [0.25, 0.3) is 0 Å². The van der Waals surface area contributed by atoms with Crippen molar-refractivity contribution in [3.05, 3.63) is 95.8 Å². The molecule has 3 aromatic rings. The summed E-state index contributed by atoms with van der Waals surface area (Å²) in [4.78, 5) is 26.0. The van der Waals surface area contributed by atoms with Crippen LogP contribution in [0, 0.1) is 11.7 Å². The number of methoxy groups -OCH3 is 1. The van der Waals surface area contributed by atoms with E-state index in [1.807, 2.05) is 74.5 Å². The number of rotatable bonds is 22. The van der Waals surface area contributed by atoms with Gasteiger partial charge in [-0.05, 0) is 61.9 Å². The van der Waals surface area contributed by atoms with Crippen LogP contribution in [0.1, 0.15) is 64.0 Å². The number of nitrogen functional groups attached to an aromatic ring is 1. The summed E-state index contributed by atoms with van der Waals surface area (Å²) in [5, 5.41) is 5.61. The molecule has 0 spiro atoms. The molecular weight excluding hydrogens is 726 g/mol. The predicted octanol–water partition coefficient (Wildman–Crippen LogP) is 6.46. The number of anilines is 1. The average molecular weight is 779 g/mol. The van der Waals surface area contributed by atoms with Crippen LogP contribution in [0.15, 0.2) is 83.8 Å². The van der Waals surface area contributed by atoms with Crippen molar-refractivity contribution in [3.63, 3.8) is 0 Å². The van der Waals surface area contributed by atoms with Gasteiger partial charge in [-0.25, -0.2) is 22.2 Å². The fourth-order valence-corrected chi connectivity index (χ4v) is 8.76. The molecular formula is C37H52FN4O9PS. The number of hydrogen-bond acceptors (Lipinski definition) is 10. The molecule has 2 atom stereocenters. The number of nitrogens with zero attached hydrogens (tertiary/aromatic N) is 1. The Morgan fingerprint density at radius 1 is 0.906 bits per heavy atom. The van der Waals surface area contributed by atoms with Crippen molar-refractivity contribution in [2.45, 2.75) is 69.9 Å². The first-order valence-electron chi connectivity index (χ1n) is 17.6. The number of carbonyl (C=O) groups is 2. The number of phosphoric ester groups is 1. The molecule has 3 aromatic carbocycles. The standard InChI is InChI=1S/C37H52FN4O9PS/c1-6-49-52(45,50-7-2)51-26-30(42(25-27(3)4)53(46,47)31-21-22-33(39)32(38)24-31)20-14-15-23-40-36(43)35(41-37(44)48-5)34(28-16-10-8-11-17-28)29-18-12-9-13-19-29/h8-13,16-19,21-22,24,27,30,34-35H,6-7,14-15,20,23,25-26,39H2,1-5H3,(H,40,43)(H,41,44)/t30-,35-/m0/s1. The summed E-state index contributed by atoms with van der Waals surface area (Å²) >= 11 is 0. The van der Waals surface area contributed by atoms with E-state index in [4.69, 9.17) is 24.0 Å². The maximum Gasteiger partial charge on any atom is 0.474 e. The molecule has 16 heteroatoms. The van der Waals surface area contributed by atoms with E-state index in [2.05, 4.69) is 10.6 Å². The number of halogens is 1. The zero-order chi connectivity index (χ0) is 39.0. The monoisotopic (exact) mass is 778 g/mol. The highest BCUT2D eigenvalue weighted by Gasteiger charge is 2.36. The topological polar surface area (TPSA) is 176 Å². The Morgan fingerprint density at radius 3 is 2.00 bits per heavy atom. The fraction of sp³-hybridized carbons (Fsp3) is 0.459. The third kappa shape index (κ3) is 12.9. The van der Waals surface area contributed by atoms with E-state index >= 15 is 0 Å². The molecule has 0 bridgehead atoms. The molecule has 0 saturated carbocycles. The van der Waals surface area contributed by atoms with Crippen molar-refractivity contribution in [3.8, 4) is 0 Å². The zero-order valence-electron chi connectivity index (χ0n) is 30.9. The average Bonchev–Trinajstić information content (AvgIpc) is 3.13. The Labute approximate surface area is 312 Å². The van der Waals surface area contributed by atoms with Crippen LogP contribution in [0.4, 0.5) is 14.9 Å². The molecule has 0 aliphatic heterocycles. The molecule has 0 unspecified atom stereocenters. The number of hydrogen-bond donors (Lipinski definition) is 3. The predicted molar refractivity (Wildman–Crippen MR) is 201 cm³/mol. The van der Waals surface area contributed by atoms with Crippen molar-refractivity contribution in [2.24, 2.45) is 5.92 Å². The molecule has 0 aromatic heterocycles. The van der Waals surface area contributed by atoms with Gasteiger partial charge in [0.05, 0.1) is 37.5 Å². The second kappa shape index (κ2) is 21.1. The van der Waals surface area contributed by atoms with Gasteiger partial charge >= 0.3 is 13.9 Å². The summed E-state index contributed by atoms with van der Waals surface area (Å²) in [6, 6.07) is 20.0. The molecule has 0 saturated heterocycles. The van der Waals surface area contributed by atoms with Gasteiger partial charge in [0.15, 0.2) is 0 Å². The third-order valence-electron chi connectivity index (χ3n) is 8.19.